The van der Waals surface area contributed by atoms with Crippen LogP contribution in [0.5, 0.6) is 5.75 Å². The molecule has 0 aliphatic heterocycles. The third-order valence-corrected chi connectivity index (χ3v) is 3.43. The lowest BCUT2D eigenvalue weighted by atomic mass is 10.1. The average Bonchev–Trinajstić information content (AvgIpc) is 2.95. The molecule has 0 saturated carbocycles. The Morgan fingerprint density at radius 1 is 1.47 bits per heavy atom. The number of ether oxygens (including phenoxy) is 1. The molecule has 102 valence electrons. The molecule has 1 heterocycles. The van der Waals surface area contributed by atoms with Gasteiger partial charge in [-0.2, -0.15) is 0 Å². The van der Waals surface area contributed by atoms with Crippen LogP contribution in [0, 0.1) is 0 Å². The van der Waals surface area contributed by atoms with E-state index >= 15 is 0 Å². The van der Waals surface area contributed by atoms with E-state index in [0.29, 0.717) is 11.6 Å². The van der Waals surface area contributed by atoms with Gasteiger partial charge in [0.2, 0.25) is 0 Å². The topological polar surface area (TPSA) is 49.9 Å². The molecule has 4 nitrogen and oxygen atoms in total. The van der Waals surface area contributed by atoms with Crippen LogP contribution in [-0.2, 0) is 6.54 Å². The molecule has 0 amide bonds. The first-order chi connectivity index (χ1) is 9.26. The molecule has 19 heavy (non-hydrogen) atoms. The minimum Gasteiger partial charge on any atom is -0.496 e. The number of halogens is 1. The highest BCUT2D eigenvalue weighted by Crippen LogP contribution is 2.26. The summed E-state index contributed by atoms with van der Waals surface area (Å²) in [7, 11) is 1.65. The van der Waals surface area contributed by atoms with Gasteiger partial charge >= 0.3 is 0 Å². The first-order valence-electron chi connectivity index (χ1n) is 6.30. The highest BCUT2D eigenvalue weighted by molar-refractivity contribution is 6.31. The standard InChI is InChI=1S/C14H18ClN3O/c1-3-12(14-16-7-8-17-14)18-9-10-11(15)5-4-6-13(10)19-2/h4-8,12,18H,3,9H2,1-2H3,(H,16,17). The second kappa shape index (κ2) is 6.59. The molecule has 5 heteroatoms. The molecule has 0 saturated heterocycles. The summed E-state index contributed by atoms with van der Waals surface area (Å²) in [5.41, 5.74) is 0.969. The molecule has 1 atom stereocenters. The largest absolute Gasteiger partial charge is 0.496 e. The maximum absolute atomic E-state index is 6.22. The molecule has 2 aromatic rings. The van der Waals surface area contributed by atoms with Crippen molar-refractivity contribution < 1.29 is 4.74 Å². The minimum atomic E-state index is 0.177. The van der Waals surface area contributed by atoms with E-state index in [9.17, 15) is 0 Å². The highest BCUT2D eigenvalue weighted by Gasteiger charge is 2.13. The Kier molecular flexibility index (Phi) is 4.82. The van der Waals surface area contributed by atoms with Crippen LogP contribution in [0.3, 0.4) is 0 Å². The number of nitrogens with one attached hydrogen (secondary N) is 2. The number of H-pyrrole nitrogens is 1. The van der Waals surface area contributed by atoms with Crippen molar-refractivity contribution in [2.75, 3.05) is 7.11 Å². The fourth-order valence-corrected chi connectivity index (χ4v) is 2.26. The van der Waals surface area contributed by atoms with Crippen LogP contribution >= 0.6 is 11.6 Å². The van der Waals surface area contributed by atoms with Gasteiger partial charge in [-0.25, -0.2) is 4.98 Å². The Hall–Kier alpha value is -1.52. The fourth-order valence-electron chi connectivity index (χ4n) is 2.03. The fraction of sp³-hybridized carbons (Fsp3) is 0.357. The summed E-state index contributed by atoms with van der Waals surface area (Å²) >= 11 is 6.22. The van der Waals surface area contributed by atoms with E-state index in [1.165, 1.54) is 0 Å². The van der Waals surface area contributed by atoms with Crippen LogP contribution in [-0.4, -0.2) is 17.1 Å². The molecule has 0 fully saturated rings. The Morgan fingerprint density at radius 2 is 2.32 bits per heavy atom. The first-order valence-corrected chi connectivity index (χ1v) is 6.68. The predicted molar refractivity (Wildman–Crippen MR) is 76.5 cm³/mol. The molecule has 1 unspecified atom stereocenters. The average molecular weight is 280 g/mol. The number of hydrogen-bond donors (Lipinski definition) is 2. The van der Waals surface area contributed by atoms with E-state index < -0.39 is 0 Å². The van der Waals surface area contributed by atoms with Gasteiger partial charge in [0, 0.05) is 29.5 Å². The molecule has 1 aromatic carbocycles. The summed E-state index contributed by atoms with van der Waals surface area (Å²) in [6.07, 6.45) is 4.53. The van der Waals surface area contributed by atoms with Gasteiger partial charge in [-0.15, -0.1) is 0 Å². The first kappa shape index (κ1) is 13.9. The number of nitrogens with zero attached hydrogens (tertiary/aromatic N) is 1. The van der Waals surface area contributed by atoms with Crippen LogP contribution in [0.4, 0.5) is 0 Å². The van der Waals surface area contributed by atoms with Gasteiger partial charge in [-0.05, 0) is 18.6 Å². The van der Waals surface area contributed by atoms with Crippen molar-refractivity contribution in [3.05, 3.63) is 47.0 Å². The van der Waals surface area contributed by atoms with Crippen LogP contribution in [0.15, 0.2) is 30.6 Å². The molecule has 2 rings (SSSR count). The van der Waals surface area contributed by atoms with Gasteiger partial charge in [-0.1, -0.05) is 24.6 Å². The molecule has 0 spiro atoms. The summed E-state index contributed by atoms with van der Waals surface area (Å²) in [6.45, 7) is 2.76. The van der Waals surface area contributed by atoms with Gasteiger partial charge in [0.25, 0.3) is 0 Å². The number of methoxy groups -OCH3 is 1. The molecular formula is C14H18ClN3O. The van der Waals surface area contributed by atoms with Crippen molar-refractivity contribution in [2.24, 2.45) is 0 Å². The lowest BCUT2D eigenvalue weighted by Crippen LogP contribution is -2.21. The van der Waals surface area contributed by atoms with E-state index in [-0.39, 0.29) is 6.04 Å². The molecule has 1 aromatic heterocycles. The summed E-state index contributed by atoms with van der Waals surface area (Å²) in [6, 6.07) is 5.84. The van der Waals surface area contributed by atoms with Crippen molar-refractivity contribution in [3.63, 3.8) is 0 Å². The van der Waals surface area contributed by atoms with E-state index in [1.807, 2.05) is 24.4 Å². The Bertz CT molecular complexity index is 513. The van der Waals surface area contributed by atoms with Crippen molar-refractivity contribution >= 4 is 11.6 Å². The molecule has 0 radical (unpaired) electrons. The molecule has 0 aliphatic carbocycles. The zero-order valence-corrected chi connectivity index (χ0v) is 11.9. The van der Waals surface area contributed by atoms with Gasteiger partial charge in [0.1, 0.15) is 11.6 Å². The van der Waals surface area contributed by atoms with Crippen molar-refractivity contribution in [3.8, 4) is 5.75 Å². The number of benzene rings is 1. The van der Waals surface area contributed by atoms with Gasteiger partial charge < -0.3 is 15.0 Å². The highest BCUT2D eigenvalue weighted by atomic mass is 35.5. The van der Waals surface area contributed by atoms with Gasteiger partial charge in [0.15, 0.2) is 0 Å². The second-order valence-electron chi connectivity index (χ2n) is 4.24. The van der Waals surface area contributed by atoms with Crippen molar-refractivity contribution in [2.45, 2.75) is 25.9 Å². The SMILES string of the molecule is CCC(NCc1c(Cl)cccc1OC)c1ncc[nH]1. The zero-order valence-electron chi connectivity index (χ0n) is 11.1. The minimum absolute atomic E-state index is 0.177. The van der Waals surface area contributed by atoms with Crippen LogP contribution in [0.25, 0.3) is 0 Å². The smallest absolute Gasteiger partial charge is 0.124 e. The lowest BCUT2D eigenvalue weighted by Gasteiger charge is -2.17. The van der Waals surface area contributed by atoms with Crippen LogP contribution in [0.2, 0.25) is 5.02 Å². The Balaban J connectivity index is 2.09. The van der Waals surface area contributed by atoms with E-state index in [0.717, 1.165) is 23.6 Å². The van der Waals surface area contributed by atoms with E-state index in [4.69, 9.17) is 16.3 Å². The lowest BCUT2D eigenvalue weighted by molar-refractivity contribution is 0.403. The number of aromatic amines is 1. The maximum atomic E-state index is 6.22. The van der Waals surface area contributed by atoms with Crippen molar-refractivity contribution in [1.29, 1.82) is 0 Å². The number of aromatic nitrogens is 2. The van der Waals surface area contributed by atoms with Gasteiger partial charge in [0.05, 0.1) is 13.2 Å². The second-order valence-corrected chi connectivity index (χ2v) is 4.64. The summed E-state index contributed by atoms with van der Waals surface area (Å²) in [5, 5.41) is 4.15. The third-order valence-electron chi connectivity index (χ3n) is 3.08. The molecule has 0 bridgehead atoms. The zero-order chi connectivity index (χ0) is 13.7. The van der Waals surface area contributed by atoms with Crippen molar-refractivity contribution in [1.82, 2.24) is 15.3 Å². The number of rotatable bonds is 6. The maximum Gasteiger partial charge on any atom is 0.124 e. The normalized spacial score (nSPS) is 12.4. The Morgan fingerprint density at radius 3 is 2.95 bits per heavy atom. The van der Waals surface area contributed by atoms with E-state index in [2.05, 4.69) is 22.2 Å². The van der Waals surface area contributed by atoms with Gasteiger partial charge in [-0.3, -0.25) is 0 Å². The van der Waals surface area contributed by atoms with Crippen LogP contribution in [0.1, 0.15) is 30.8 Å². The number of imidazole rings is 1. The quantitative estimate of drug-likeness (QED) is 0.853. The predicted octanol–water partition coefficient (Wildman–Crippen LogP) is 3.31. The van der Waals surface area contributed by atoms with Crippen LogP contribution < -0.4 is 10.1 Å². The number of hydrogen-bond acceptors (Lipinski definition) is 3. The van der Waals surface area contributed by atoms with E-state index in [1.54, 1.807) is 13.3 Å². The molecule has 0 aliphatic rings. The molecular weight excluding hydrogens is 262 g/mol. The Labute approximate surface area is 118 Å². The summed E-state index contributed by atoms with van der Waals surface area (Å²) < 4.78 is 5.33. The third kappa shape index (κ3) is 3.28. The molecule has 2 N–H and O–H groups in total. The summed E-state index contributed by atoms with van der Waals surface area (Å²) in [5.74, 6) is 1.74. The monoisotopic (exact) mass is 279 g/mol. The summed E-state index contributed by atoms with van der Waals surface area (Å²) in [4.78, 5) is 7.41.